The van der Waals surface area contributed by atoms with E-state index in [-0.39, 0.29) is 35.1 Å². The lowest BCUT2D eigenvalue weighted by Crippen LogP contribution is -2.67. The average Bonchev–Trinajstić information content (AvgIpc) is 3.34. The predicted molar refractivity (Wildman–Crippen MR) is 145 cm³/mol. The zero-order valence-corrected chi connectivity index (χ0v) is 21.9. The van der Waals surface area contributed by atoms with Crippen LogP contribution in [0.25, 0.3) is 0 Å². The van der Waals surface area contributed by atoms with Crippen molar-refractivity contribution in [1.29, 1.82) is 0 Å². The topological polar surface area (TPSA) is 98.7 Å². The Morgan fingerprint density at radius 2 is 1.62 bits per heavy atom. The molecule has 1 unspecified atom stereocenters. The van der Waals surface area contributed by atoms with Crippen LogP contribution < -0.4 is 10.6 Å². The summed E-state index contributed by atoms with van der Waals surface area (Å²) < 4.78 is 13.9. The Hall–Kier alpha value is -4.20. The molecular formula is C31H32FN3O4. The maximum Gasteiger partial charge on any atom is 0.251 e. The molecule has 8 heteroatoms. The maximum absolute atomic E-state index is 14.3. The van der Waals surface area contributed by atoms with Crippen molar-refractivity contribution in [3.8, 4) is 5.75 Å². The number of phenolic OH excluding ortho intramolecular Hbond substituents is 1. The second-order valence-electron chi connectivity index (χ2n) is 10.8. The number of hydrogen-bond donors (Lipinski definition) is 3. The molecule has 0 bridgehead atoms. The number of hydrogen-bond acceptors (Lipinski definition) is 4. The zero-order chi connectivity index (χ0) is 27.7. The number of aromatic hydroxyl groups is 1. The van der Waals surface area contributed by atoms with Crippen molar-refractivity contribution >= 4 is 23.4 Å². The Balaban J connectivity index is 1.55. The van der Waals surface area contributed by atoms with Gasteiger partial charge in [-0.3, -0.25) is 14.4 Å². The van der Waals surface area contributed by atoms with E-state index in [9.17, 15) is 23.9 Å². The molecule has 0 saturated carbocycles. The van der Waals surface area contributed by atoms with E-state index < -0.39 is 29.8 Å². The number of carbonyl (C=O) groups excluding carboxylic acids is 3. The van der Waals surface area contributed by atoms with Crippen LogP contribution in [-0.4, -0.2) is 39.8 Å². The molecule has 39 heavy (non-hydrogen) atoms. The zero-order valence-electron chi connectivity index (χ0n) is 21.9. The number of carbonyl (C=O) groups is 3. The highest BCUT2D eigenvalue weighted by Crippen LogP contribution is 2.36. The SMILES string of the molecule is CC(C)C[C@@H]1C(=O)N[C@H](C2Cc3ccccc3C2)C(=O)N1C(C(=O)Nc1ccccc1O)c1ccc(F)cc1. The highest BCUT2D eigenvalue weighted by atomic mass is 19.1. The van der Waals surface area contributed by atoms with Gasteiger partial charge in [0.1, 0.15) is 29.7 Å². The van der Waals surface area contributed by atoms with Crippen molar-refractivity contribution in [1.82, 2.24) is 10.2 Å². The van der Waals surface area contributed by atoms with Gasteiger partial charge in [-0.2, -0.15) is 0 Å². The summed E-state index contributed by atoms with van der Waals surface area (Å²) in [6.07, 6.45) is 1.62. The molecule has 7 nitrogen and oxygen atoms in total. The first-order valence-corrected chi connectivity index (χ1v) is 13.3. The fourth-order valence-electron chi connectivity index (χ4n) is 5.74. The second-order valence-corrected chi connectivity index (χ2v) is 10.8. The number of fused-ring (bicyclic) bond motifs is 1. The minimum absolute atomic E-state index is 0.0541. The molecule has 1 aliphatic heterocycles. The number of amides is 3. The summed E-state index contributed by atoms with van der Waals surface area (Å²) in [7, 11) is 0. The fraction of sp³-hybridized carbons (Fsp3) is 0.323. The number of rotatable bonds is 7. The van der Waals surface area contributed by atoms with Crippen LogP contribution in [0.5, 0.6) is 5.75 Å². The number of halogens is 1. The maximum atomic E-state index is 14.3. The molecule has 3 N–H and O–H groups in total. The van der Waals surface area contributed by atoms with E-state index >= 15 is 0 Å². The predicted octanol–water partition coefficient (Wildman–Crippen LogP) is 4.37. The summed E-state index contributed by atoms with van der Waals surface area (Å²) >= 11 is 0. The van der Waals surface area contributed by atoms with Crippen molar-refractivity contribution in [2.45, 2.75) is 51.2 Å². The molecule has 1 heterocycles. The molecular weight excluding hydrogens is 497 g/mol. The molecule has 3 atom stereocenters. The van der Waals surface area contributed by atoms with Crippen molar-refractivity contribution in [3.05, 3.63) is 95.3 Å². The minimum Gasteiger partial charge on any atom is -0.506 e. The third-order valence-corrected chi connectivity index (χ3v) is 7.58. The summed E-state index contributed by atoms with van der Waals surface area (Å²) in [5.74, 6) is -1.98. The number of benzene rings is 3. The summed E-state index contributed by atoms with van der Waals surface area (Å²) in [4.78, 5) is 43.2. The van der Waals surface area contributed by atoms with Gasteiger partial charge in [0.15, 0.2) is 0 Å². The van der Waals surface area contributed by atoms with Crippen LogP contribution in [0.1, 0.15) is 43.0 Å². The Morgan fingerprint density at radius 1 is 1.00 bits per heavy atom. The molecule has 202 valence electrons. The molecule has 3 aromatic rings. The molecule has 1 fully saturated rings. The van der Waals surface area contributed by atoms with Crippen LogP contribution in [-0.2, 0) is 27.2 Å². The lowest BCUT2D eigenvalue weighted by atomic mass is 9.88. The number of para-hydroxylation sites is 2. The molecule has 5 rings (SSSR count). The van der Waals surface area contributed by atoms with Crippen molar-refractivity contribution in [2.75, 3.05) is 5.32 Å². The monoisotopic (exact) mass is 529 g/mol. The molecule has 0 spiro atoms. The summed E-state index contributed by atoms with van der Waals surface area (Å²) in [5.41, 5.74) is 2.84. The molecule has 3 aromatic carbocycles. The molecule has 0 radical (unpaired) electrons. The number of phenols is 1. The molecule has 3 amide bonds. The van der Waals surface area contributed by atoms with E-state index in [1.54, 1.807) is 18.2 Å². The Labute approximate surface area is 227 Å². The van der Waals surface area contributed by atoms with Crippen LogP contribution in [0.3, 0.4) is 0 Å². The first kappa shape index (κ1) is 26.4. The summed E-state index contributed by atoms with van der Waals surface area (Å²) in [6.45, 7) is 3.90. The van der Waals surface area contributed by atoms with Gasteiger partial charge in [0.2, 0.25) is 11.8 Å². The standard InChI is InChI=1S/C31H32FN3O4/c1-18(2)15-25-29(37)34-27(22-16-20-7-3-4-8-21(20)17-22)31(39)35(25)28(19-11-13-23(32)14-12-19)30(38)33-24-9-5-6-10-26(24)36/h3-14,18,22,25,27-28,36H,15-17H2,1-2H3,(H,33,38)(H,34,37)/t25-,27-,28?/m1/s1. The van der Waals surface area contributed by atoms with Crippen LogP contribution in [0.4, 0.5) is 10.1 Å². The number of piperazine rings is 1. The van der Waals surface area contributed by atoms with Gasteiger partial charge >= 0.3 is 0 Å². The van der Waals surface area contributed by atoms with Crippen molar-refractivity contribution < 1.29 is 23.9 Å². The highest BCUT2D eigenvalue weighted by Gasteiger charge is 2.49. The molecule has 0 aromatic heterocycles. The van der Waals surface area contributed by atoms with E-state index in [0.717, 1.165) is 11.1 Å². The lowest BCUT2D eigenvalue weighted by molar-refractivity contribution is -0.157. The van der Waals surface area contributed by atoms with Crippen molar-refractivity contribution in [3.63, 3.8) is 0 Å². The molecule has 1 aliphatic carbocycles. The third kappa shape index (κ3) is 5.37. The van der Waals surface area contributed by atoms with Gasteiger partial charge in [0.25, 0.3) is 5.91 Å². The van der Waals surface area contributed by atoms with Gasteiger partial charge in [0.05, 0.1) is 5.69 Å². The first-order valence-electron chi connectivity index (χ1n) is 13.3. The fourth-order valence-corrected chi connectivity index (χ4v) is 5.74. The smallest absolute Gasteiger partial charge is 0.251 e. The van der Waals surface area contributed by atoms with E-state index in [2.05, 4.69) is 10.6 Å². The van der Waals surface area contributed by atoms with Gasteiger partial charge < -0.3 is 20.6 Å². The van der Waals surface area contributed by atoms with Crippen molar-refractivity contribution in [2.24, 2.45) is 11.8 Å². The molecule has 2 aliphatic rings. The lowest BCUT2D eigenvalue weighted by Gasteiger charge is -2.44. The quantitative estimate of drug-likeness (QED) is 0.396. The van der Waals surface area contributed by atoms with Gasteiger partial charge in [-0.1, -0.05) is 62.4 Å². The van der Waals surface area contributed by atoms with Gasteiger partial charge in [-0.05, 0) is 72.1 Å². The van der Waals surface area contributed by atoms with Gasteiger partial charge in [-0.25, -0.2) is 4.39 Å². The Kier molecular flexibility index (Phi) is 7.37. The van der Waals surface area contributed by atoms with Gasteiger partial charge in [0, 0.05) is 0 Å². The van der Waals surface area contributed by atoms with E-state index in [1.807, 2.05) is 38.1 Å². The summed E-state index contributed by atoms with van der Waals surface area (Å²) in [5, 5.41) is 16.0. The van der Waals surface area contributed by atoms with E-state index in [0.29, 0.717) is 24.8 Å². The van der Waals surface area contributed by atoms with Gasteiger partial charge in [-0.15, -0.1) is 0 Å². The summed E-state index contributed by atoms with van der Waals surface area (Å²) in [6, 6.07) is 16.7. The largest absolute Gasteiger partial charge is 0.506 e. The van der Waals surface area contributed by atoms with Crippen LogP contribution in [0, 0.1) is 17.7 Å². The number of nitrogens with one attached hydrogen (secondary N) is 2. The number of nitrogens with zero attached hydrogens (tertiary/aromatic N) is 1. The third-order valence-electron chi connectivity index (χ3n) is 7.58. The highest BCUT2D eigenvalue weighted by molar-refractivity contribution is 6.03. The first-order chi connectivity index (χ1) is 18.7. The Morgan fingerprint density at radius 3 is 2.23 bits per heavy atom. The van der Waals surface area contributed by atoms with Crippen LogP contribution >= 0.6 is 0 Å². The van der Waals surface area contributed by atoms with E-state index in [1.165, 1.54) is 35.2 Å². The second kappa shape index (κ2) is 10.9. The van der Waals surface area contributed by atoms with Crippen LogP contribution in [0.15, 0.2) is 72.8 Å². The van der Waals surface area contributed by atoms with Crippen LogP contribution in [0.2, 0.25) is 0 Å². The molecule has 1 saturated heterocycles. The average molecular weight is 530 g/mol. The Bertz CT molecular complexity index is 1370. The number of anilines is 1. The minimum atomic E-state index is -1.22. The normalized spacial score (nSPS) is 20.1. The van der Waals surface area contributed by atoms with E-state index in [4.69, 9.17) is 0 Å².